The third-order valence-corrected chi connectivity index (χ3v) is 7.82. The maximum Gasteiger partial charge on any atom is 0.281 e. The van der Waals surface area contributed by atoms with Gasteiger partial charge >= 0.3 is 0 Å². The van der Waals surface area contributed by atoms with Gasteiger partial charge in [-0.1, -0.05) is 47.5 Å². The number of anilines is 1. The molecular formula is C29H27ClF3N3O3. The normalized spacial score (nSPS) is 22.7. The number of hydrogen-bond donors (Lipinski definition) is 2. The molecule has 3 aromatic rings. The first-order valence-electron chi connectivity index (χ1n) is 12.7. The first-order chi connectivity index (χ1) is 18.6. The second-order valence-electron chi connectivity index (χ2n) is 10.2. The Labute approximate surface area is 228 Å². The molecule has 10 heteroatoms. The number of benzene rings is 2. The van der Waals surface area contributed by atoms with Gasteiger partial charge in [0.05, 0.1) is 16.3 Å². The van der Waals surface area contributed by atoms with E-state index >= 15 is 0 Å². The summed E-state index contributed by atoms with van der Waals surface area (Å²) in [4.78, 5) is 31.5. The number of aryl methyl sites for hydroxylation is 1. The summed E-state index contributed by atoms with van der Waals surface area (Å²) in [5.41, 5.74) is -1.36. The highest BCUT2D eigenvalue weighted by Gasteiger charge is 2.52. The fourth-order valence-electron chi connectivity index (χ4n) is 5.61. The SMILES string of the molecule is Cc1ccc2c(c1)C(O)(c1ccccc1F)C(=O)N2CC1CCC(NC(=O)c2cc(Cl)cnc2C(F)F)CC1. The van der Waals surface area contributed by atoms with Gasteiger partial charge in [-0.3, -0.25) is 14.6 Å². The molecule has 2 aromatic carbocycles. The number of fused-ring (bicyclic) bond motifs is 1. The molecule has 1 aromatic heterocycles. The molecular weight excluding hydrogens is 531 g/mol. The molecule has 0 bridgehead atoms. The van der Waals surface area contributed by atoms with Gasteiger partial charge in [0.15, 0.2) is 5.60 Å². The maximum atomic E-state index is 14.8. The van der Waals surface area contributed by atoms with Crippen molar-refractivity contribution in [3.8, 4) is 0 Å². The van der Waals surface area contributed by atoms with Gasteiger partial charge in [-0.05, 0) is 56.7 Å². The molecule has 39 heavy (non-hydrogen) atoms. The van der Waals surface area contributed by atoms with Gasteiger partial charge in [-0.25, -0.2) is 13.2 Å². The number of carbonyl (C=O) groups is 2. The van der Waals surface area contributed by atoms with E-state index in [4.69, 9.17) is 11.6 Å². The standard InChI is InChI=1S/C29H27ClF3N3O3/c1-16-6-11-24-22(12-16)29(39,21-4-2-3-5-23(21)31)28(38)36(24)15-17-7-9-19(10-8-17)35-27(37)20-13-18(30)14-34-25(20)26(32)33/h2-6,11-14,17,19,26,39H,7-10,15H2,1H3,(H,35,37). The summed E-state index contributed by atoms with van der Waals surface area (Å²) in [6.45, 7) is 2.16. The van der Waals surface area contributed by atoms with Crippen molar-refractivity contribution in [1.82, 2.24) is 10.3 Å². The van der Waals surface area contributed by atoms with Gasteiger partial charge in [0.25, 0.3) is 18.2 Å². The van der Waals surface area contributed by atoms with Crippen LogP contribution in [0, 0.1) is 18.7 Å². The molecule has 1 fully saturated rings. The van der Waals surface area contributed by atoms with Crippen LogP contribution in [0.15, 0.2) is 54.7 Å². The first kappa shape index (κ1) is 27.1. The molecule has 2 N–H and O–H groups in total. The van der Waals surface area contributed by atoms with E-state index in [9.17, 15) is 27.9 Å². The summed E-state index contributed by atoms with van der Waals surface area (Å²) in [5, 5.41) is 14.6. The fourth-order valence-corrected chi connectivity index (χ4v) is 5.77. The number of halogens is 4. The average molecular weight is 558 g/mol. The molecule has 0 saturated heterocycles. The van der Waals surface area contributed by atoms with E-state index in [-0.39, 0.29) is 28.1 Å². The Morgan fingerprint density at radius 2 is 1.87 bits per heavy atom. The van der Waals surface area contributed by atoms with Crippen LogP contribution in [0.4, 0.5) is 18.9 Å². The predicted molar refractivity (Wildman–Crippen MR) is 140 cm³/mol. The second-order valence-corrected chi connectivity index (χ2v) is 10.6. The largest absolute Gasteiger partial charge is 0.372 e. The summed E-state index contributed by atoms with van der Waals surface area (Å²) in [7, 11) is 0. The van der Waals surface area contributed by atoms with Crippen molar-refractivity contribution >= 4 is 29.1 Å². The van der Waals surface area contributed by atoms with Gasteiger partial charge in [-0.15, -0.1) is 0 Å². The molecule has 1 saturated carbocycles. The molecule has 1 unspecified atom stereocenters. The number of carbonyl (C=O) groups excluding carboxylic acids is 2. The summed E-state index contributed by atoms with van der Waals surface area (Å²) < 4.78 is 41.4. The molecule has 0 spiro atoms. The molecule has 1 atom stereocenters. The smallest absolute Gasteiger partial charge is 0.281 e. The van der Waals surface area contributed by atoms with Crippen molar-refractivity contribution in [3.05, 3.63) is 93.5 Å². The maximum absolute atomic E-state index is 14.8. The first-order valence-corrected chi connectivity index (χ1v) is 13.1. The number of pyridine rings is 1. The van der Waals surface area contributed by atoms with Crippen molar-refractivity contribution < 1.29 is 27.9 Å². The zero-order valence-electron chi connectivity index (χ0n) is 21.1. The third-order valence-electron chi connectivity index (χ3n) is 7.61. The van der Waals surface area contributed by atoms with Gasteiger partial charge < -0.3 is 15.3 Å². The van der Waals surface area contributed by atoms with Crippen molar-refractivity contribution in [2.75, 3.05) is 11.4 Å². The van der Waals surface area contributed by atoms with E-state index in [1.54, 1.807) is 18.2 Å². The van der Waals surface area contributed by atoms with E-state index < -0.39 is 35.4 Å². The Balaban J connectivity index is 1.29. The number of aromatic nitrogens is 1. The second kappa shape index (κ2) is 10.6. The fraction of sp³-hybridized carbons (Fsp3) is 0.345. The third kappa shape index (κ3) is 5.01. The highest BCUT2D eigenvalue weighted by molar-refractivity contribution is 6.30. The van der Waals surface area contributed by atoms with Crippen LogP contribution in [-0.4, -0.2) is 34.5 Å². The van der Waals surface area contributed by atoms with Crippen molar-refractivity contribution in [2.24, 2.45) is 5.92 Å². The van der Waals surface area contributed by atoms with Crippen molar-refractivity contribution in [1.29, 1.82) is 0 Å². The van der Waals surface area contributed by atoms with Gasteiger partial charge in [0.2, 0.25) is 0 Å². The summed E-state index contributed by atoms with van der Waals surface area (Å²) in [5.74, 6) is -1.86. The number of alkyl halides is 2. The summed E-state index contributed by atoms with van der Waals surface area (Å²) >= 11 is 5.87. The number of hydrogen-bond acceptors (Lipinski definition) is 4. The number of amides is 2. The van der Waals surface area contributed by atoms with E-state index in [1.807, 2.05) is 13.0 Å². The van der Waals surface area contributed by atoms with E-state index in [2.05, 4.69) is 10.3 Å². The lowest BCUT2D eigenvalue weighted by molar-refractivity contribution is -0.132. The van der Waals surface area contributed by atoms with Crippen LogP contribution in [0.2, 0.25) is 5.02 Å². The lowest BCUT2D eigenvalue weighted by Gasteiger charge is -2.32. The number of nitrogens with zero attached hydrogens (tertiary/aromatic N) is 2. The molecule has 2 aliphatic rings. The molecule has 204 valence electrons. The zero-order chi connectivity index (χ0) is 27.9. The Morgan fingerprint density at radius 3 is 2.56 bits per heavy atom. The van der Waals surface area contributed by atoms with Crippen LogP contribution in [0.25, 0.3) is 0 Å². The Hall–Kier alpha value is -3.43. The molecule has 1 aliphatic carbocycles. The molecule has 5 rings (SSSR count). The highest BCUT2D eigenvalue weighted by atomic mass is 35.5. The van der Waals surface area contributed by atoms with Crippen LogP contribution in [-0.2, 0) is 10.4 Å². The van der Waals surface area contributed by atoms with E-state index in [1.165, 1.54) is 29.2 Å². The van der Waals surface area contributed by atoms with Crippen LogP contribution < -0.4 is 10.2 Å². The van der Waals surface area contributed by atoms with Gasteiger partial charge in [-0.2, -0.15) is 0 Å². The molecule has 0 radical (unpaired) electrons. The monoisotopic (exact) mass is 557 g/mol. The minimum Gasteiger partial charge on any atom is -0.372 e. The van der Waals surface area contributed by atoms with Crippen molar-refractivity contribution in [2.45, 2.75) is 50.7 Å². The summed E-state index contributed by atoms with van der Waals surface area (Å²) in [6.07, 6.45) is 0.639. The Morgan fingerprint density at radius 1 is 1.15 bits per heavy atom. The lowest BCUT2D eigenvalue weighted by Crippen LogP contribution is -2.45. The number of nitrogens with one attached hydrogen (secondary N) is 1. The van der Waals surface area contributed by atoms with Crippen LogP contribution >= 0.6 is 11.6 Å². The van der Waals surface area contributed by atoms with Crippen molar-refractivity contribution in [3.63, 3.8) is 0 Å². The highest BCUT2D eigenvalue weighted by Crippen LogP contribution is 2.46. The van der Waals surface area contributed by atoms with Crippen LogP contribution in [0.3, 0.4) is 0 Å². The Bertz CT molecular complexity index is 1430. The topological polar surface area (TPSA) is 82.5 Å². The molecule has 1 aliphatic heterocycles. The van der Waals surface area contributed by atoms with Gasteiger partial charge in [0.1, 0.15) is 11.5 Å². The minimum absolute atomic E-state index is 0.0590. The number of rotatable bonds is 6. The Kier molecular flexibility index (Phi) is 7.39. The quantitative estimate of drug-likeness (QED) is 0.408. The lowest BCUT2D eigenvalue weighted by atomic mass is 9.85. The molecule has 2 amide bonds. The number of aliphatic hydroxyl groups is 1. The van der Waals surface area contributed by atoms with E-state index in [0.717, 1.165) is 11.8 Å². The zero-order valence-corrected chi connectivity index (χ0v) is 21.9. The average Bonchev–Trinajstić information content (AvgIpc) is 3.11. The van der Waals surface area contributed by atoms with Gasteiger partial charge in [0, 0.05) is 29.9 Å². The summed E-state index contributed by atoms with van der Waals surface area (Å²) in [6, 6.07) is 12.0. The van der Waals surface area contributed by atoms with Crippen LogP contribution in [0.1, 0.15) is 64.9 Å². The minimum atomic E-state index is -2.91. The molecule has 6 nitrogen and oxygen atoms in total. The predicted octanol–water partition coefficient (Wildman–Crippen LogP) is 5.69. The van der Waals surface area contributed by atoms with Crippen LogP contribution in [0.5, 0.6) is 0 Å². The van der Waals surface area contributed by atoms with E-state index in [0.29, 0.717) is 43.5 Å². The molecule has 2 heterocycles.